The summed E-state index contributed by atoms with van der Waals surface area (Å²) in [6.07, 6.45) is 7.10. The van der Waals surface area contributed by atoms with Crippen LogP contribution in [0.4, 0.5) is 4.39 Å². The molecule has 1 amide bonds. The second-order valence-corrected chi connectivity index (χ2v) is 5.46. The third kappa shape index (κ3) is 2.28. The van der Waals surface area contributed by atoms with Crippen molar-refractivity contribution in [2.75, 3.05) is 7.05 Å². The van der Waals surface area contributed by atoms with Gasteiger partial charge in [0.2, 0.25) is 0 Å². The van der Waals surface area contributed by atoms with Crippen molar-refractivity contribution in [3.8, 4) is 0 Å². The summed E-state index contributed by atoms with van der Waals surface area (Å²) in [5.74, 6) is -0.560. The number of amides is 1. The molecule has 3 rings (SSSR count). The van der Waals surface area contributed by atoms with Crippen LogP contribution in [0.2, 0.25) is 0 Å². The molecule has 1 N–H and O–H groups in total. The fourth-order valence-corrected chi connectivity index (χ4v) is 3.00. The fraction of sp³-hybridized carbons (Fsp3) is 0.467. The number of halogens is 1. The first-order chi connectivity index (χ1) is 9.66. The van der Waals surface area contributed by atoms with Crippen LogP contribution in [-0.2, 0) is 0 Å². The Balaban J connectivity index is 1.93. The lowest BCUT2D eigenvalue weighted by Crippen LogP contribution is -2.38. The Morgan fingerprint density at radius 3 is 2.85 bits per heavy atom. The van der Waals surface area contributed by atoms with Crippen LogP contribution in [0.25, 0.3) is 11.0 Å². The highest BCUT2D eigenvalue weighted by Crippen LogP contribution is 2.25. The van der Waals surface area contributed by atoms with Crippen LogP contribution in [-0.4, -0.2) is 33.9 Å². The van der Waals surface area contributed by atoms with Crippen molar-refractivity contribution in [2.24, 2.45) is 0 Å². The van der Waals surface area contributed by atoms with E-state index in [4.69, 9.17) is 0 Å². The molecule has 1 aliphatic rings. The standard InChI is InChI=1S/C15H18FN3O/c1-19(11-5-3-2-4-6-11)15(20)12-7-10(16)8-13-14(12)18-9-17-13/h7-9,11H,2-6H2,1H3,(H,17,18). The molecule has 20 heavy (non-hydrogen) atoms. The van der Waals surface area contributed by atoms with Crippen LogP contribution in [0.1, 0.15) is 42.5 Å². The minimum Gasteiger partial charge on any atom is -0.344 e. The highest BCUT2D eigenvalue weighted by molar-refractivity contribution is 6.04. The molecule has 0 saturated heterocycles. The van der Waals surface area contributed by atoms with Crippen molar-refractivity contribution < 1.29 is 9.18 Å². The van der Waals surface area contributed by atoms with Crippen LogP contribution in [0.5, 0.6) is 0 Å². The second-order valence-electron chi connectivity index (χ2n) is 5.46. The molecule has 0 atom stereocenters. The van der Waals surface area contributed by atoms with Gasteiger partial charge in [-0.1, -0.05) is 19.3 Å². The molecule has 1 aromatic heterocycles. The molecule has 106 valence electrons. The maximum absolute atomic E-state index is 13.6. The first-order valence-electron chi connectivity index (χ1n) is 7.06. The molecule has 0 spiro atoms. The fourth-order valence-electron chi connectivity index (χ4n) is 3.00. The zero-order valence-corrected chi connectivity index (χ0v) is 11.5. The highest BCUT2D eigenvalue weighted by Gasteiger charge is 2.25. The average molecular weight is 275 g/mol. The van der Waals surface area contributed by atoms with Crippen molar-refractivity contribution in [1.82, 2.24) is 14.9 Å². The number of imidazole rings is 1. The van der Waals surface area contributed by atoms with Crippen LogP contribution < -0.4 is 0 Å². The molecule has 0 bridgehead atoms. The van der Waals surface area contributed by atoms with Gasteiger partial charge in [-0.15, -0.1) is 0 Å². The number of nitrogens with zero attached hydrogens (tertiary/aromatic N) is 2. The zero-order chi connectivity index (χ0) is 14.1. The number of aromatic nitrogens is 2. The summed E-state index contributed by atoms with van der Waals surface area (Å²) >= 11 is 0. The molecule has 0 radical (unpaired) electrons. The maximum atomic E-state index is 13.6. The Hall–Kier alpha value is -1.91. The van der Waals surface area contributed by atoms with Gasteiger partial charge in [0, 0.05) is 13.1 Å². The lowest BCUT2D eigenvalue weighted by Gasteiger charge is -2.31. The van der Waals surface area contributed by atoms with Gasteiger partial charge >= 0.3 is 0 Å². The Morgan fingerprint density at radius 2 is 2.10 bits per heavy atom. The third-order valence-electron chi connectivity index (χ3n) is 4.16. The van der Waals surface area contributed by atoms with E-state index in [1.807, 2.05) is 7.05 Å². The summed E-state index contributed by atoms with van der Waals surface area (Å²) < 4.78 is 13.6. The van der Waals surface area contributed by atoms with E-state index in [-0.39, 0.29) is 11.9 Å². The number of benzene rings is 1. The quantitative estimate of drug-likeness (QED) is 0.915. The summed E-state index contributed by atoms with van der Waals surface area (Å²) in [6.45, 7) is 0. The predicted octanol–water partition coefficient (Wildman–Crippen LogP) is 3.11. The molecule has 4 nitrogen and oxygen atoms in total. The first-order valence-corrected chi connectivity index (χ1v) is 7.06. The molecule has 1 saturated carbocycles. The largest absolute Gasteiger partial charge is 0.344 e. The number of carbonyl (C=O) groups is 1. The summed E-state index contributed by atoms with van der Waals surface area (Å²) in [6, 6.07) is 2.90. The smallest absolute Gasteiger partial charge is 0.256 e. The SMILES string of the molecule is CN(C(=O)c1cc(F)cc2[nH]cnc12)C1CCCCC1. The molecule has 1 aliphatic carbocycles. The molecule has 0 unspecified atom stereocenters. The number of rotatable bonds is 2. The van der Waals surface area contributed by atoms with Crippen LogP contribution >= 0.6 is 0 Å². The minimum atomic E-state index is -0.415. The highest BCUT2D eigenvalue weighted by atomic mass is 19.1. The molecule has 2 aromatic rings. The Labute approximate surface area is 117 Å². The summed E-state index contributed by atoms with van der Waals surface area (Å²) in [4.78, 5) is 21.4. The van der Waals surface area contributed by atoms with Gasteiger partial charge in [-0.3, -0.25) is 4.79 Å². The number of aromatic amines is 1. The molecule has 0 aliphatic heterocycles. The summed E-state index contributed by atoms with van der Waals surface area (Å²) in [5, 5.41) is 0. The van der Waals surface area contributed by atoms with Crippen LogP contribution in [0.15, 0.2) is 18.5 Å². The number of nitrogens with one attached hydrogen (secondary N) is 1. The molecular formula is C15H18FN3O. The molecular weight excluding hydrogens is 257 g/mol. The van der Waals surface area contributed by atoms with Gasteiger partial charge in [0.1, 0.15) is 11.3 Å². The van der Waals surface area contributed by atoms with Gasteiger partial charge in [-0.05, 0) is 25.0 Å². The van der Waals surface area contributed by atoms with Crippen molar-refractivity contribution >= 4 is 16.9 Å². The lowest BCUT2D eigenvalue weighted by molar-refractivity contribution is 0.0697. The van der Waals surface area contributed by atoms with Crippen molar-refractivity contribution in [3.63, 3.8) is 0 Å². The topological polar surface area (TPSA) is 49.0 Å². The van der Waals surface area contributed by atoms with Gasteiger partial charge in [0.25, 0.3) is 5.91 Å². The number of H-pyrrole nitrogens is 1. The third-order valence-corrected chi connectivity index (χ3v) is 4.16. The van der Waals surface area contributed by atoms with Crippen molar-refractivity contribution in [3.05, 3.63) is 29.8 Å². The Bertz CT molecular complexity index is 631. The van der Waals surface area contributed by atoms with E-state index < -0.39 is 5.82 Å². The van der Waals surface area contributed by atoms with E-state index in [0.717, 1.165) is 25.7 Å². The van der Waals surface area contributed by atoms with E-state index in [1.165, 1.54) is 24.9 Å². The van der Waals surface area contributed by atoms with Crippen molar-refractivity contribution in [1.29, 1.82) is 0 Å². The first kappa shape index (κ1) is 13.1. The lowest BCUT2D eigenvalue weighted by atomic mass is 9.94. The average Bonchev–Trinajstić information content (AvgIpc) is 2.94. The van der Waals surface area contributed by atoms with E-state index in [9.17, 15) is 9.18 Å². The van der Waals surface area contributed by atoms with Crippen LogP contribution in [0, 0.1) is 5.82 Å². The van der Waals surface area contributed by atoms with Crippen molar-refractivity contribution in [2.45, 2.75) is 38.1 Å². The van der Waals surface area contributed by atoms with E-state index in [0.29, 0.717) is 16.6 Å². The monoisotopic (exact) mass is 275 g/mol. The molecule has 1 aromatic carbocycles. The zero-order valence-electron chi connectivity index (χ0n) is 11.5. The van der Waals surface area contributed by atoms with Crippen LogP contribution in [0.3, 0.4) is 0 Å². The Morgan fingerprint density at radius 1 is 1.35 bits per heavy atom. The number of hydrogen-bond acceptors (Lipinski definition) is 2. The van der Waals surface area contributed by atoms with E-state index in [1.54, 1.807) is 4.90 Å². The number of fused-ring (bicyclic) bond motifs is 1. The van der Waals surface area contributed by atoms with Gasteiger partial charge in [-0.25, -0.2) is 9.37 Å². The normalized spacial score (nSPS) is 16.5. The second kappa shape index (κ2) is 5.23. The predicted molar refractivity (Wildman–Crippen MR) is 75.0 cm³/mol. The maximum Gasteiger partial charge on any atom is 0.256 e. The minimum absolute atomic E-state index is 0.145. The van der Waals surface area contributed by atoms with Gasteiger partial charge < -0.3 is 9.88 Å². The molecule has 5 heteroatoms. The van der Waals surface area contributed by atoms with E-state index >= 15 is 0 Å². The van der Waals surface area contributed by atoms with Gasteiger partial charge in [-0.2, -0.15) is 0 Å². The van der Waals surface area contributed by atoms with Gasteiger partial charge in [0.15, 0.2) is 0 Å². The van der Waals surface area contributed by atoms with E-state index in [2.05, 4.69) is 9.97 Å². The summed E-state index contributed by atoms with van der Waals surface area (Å²) in [7, 11) is 1.81. The number of carbonyl (C=O) groups excluding carboxylic acids is 1. The van der Waals surface area contributed by atoms with Gasteiger partial charge in [0.05, 0.1) is 17.4 Å². The Kier molecular flexibility index (Phi) is 3.42. The summed E-state index contributed by atoms with van der Waals surface area (Å²) in [5.41, 5.74) is 1.44. The molecule has 1 fully saturated rings. The number of hydrogen-bond donors (Lipinski definition) is 1. The molecule has 1 heterocycles.